The van der Waals surface area contributed by atoms with Crippen LogP contribution < -0.4 is 5.32 Å². The van der Waals surface area contributed by atoms with E-state index in [9.17, 15) is 13.5 Å². The largest absolute Gasteiger partial charge is 0.389 e. The van der Waals surface area contributed by atoms with E-state index in [1.54, 1.807) is 0 Å². The molecule has 5 heteroatoms. The Morgan fingerprint density at radius 1 is 1.19 bits per heavy atom. The van der Waals surface area contributed by atoms with E-state index >= 15 is 0 Å². The molecule has 1 saturated carbocycles. The van der Waals surface area contributed by atoms with Crippen LogP contribution in [0.4, 0.5) is 0 Å². The fraction of sp³-hybridized carbons (Fsp3) is 1.00. The Kier molecular flexibility index (Phi) is 3.56. The number of rotatable bonds is 3. The molecule has 0 bridgehead atoms. The van der Waals surface area contributed by atoms with Crippen LogP contribution in [0.5, 0.6) is 0 Å². The van der Waals surface area contributed by atoms with Gasteiger partial charge in [-0.05, 0) is 25.7 Å². The normalized spacial score (nSPS) is 29.3. The van der Waals surface area contributed by atoms with Crippen molar-refractivity contribution in [1.29, 1.82) is 0 Å². The lowest BCUT2D eigenvalue weighted by atomic mass is 10.0. The molecule has 0 atom stereocenters. The minimum atomic E-state index is -2.77. The van der Waals surface area contributed by atoms with Crippen LogP contribution in [0.2, 0.25) is 0 Å². The second kappa shape index (κ2) is 4.63. The molecule has 4 nitrogen and oxygen atoms in total. The first kappa shape index (κ1) is 12.3. The number of nitrogens with one attached hydrogen (secondary N) is 1. The highest BCUT2D eigenvalue weighted by molar-refractivity contribution is 7.91. The zero-order valence-corrected chi connectivity index (χ0v) is 10.4. The van der Waals surface area contributed by atoms with E-state index in [1.807, 2.05) is 0 Å². The molecule has 0 aromatic rings. The van der Waals surface area contributed by atoms with Gasteiger partial charge in [-0.3, -0.25) is 0 Å². The quantitative estimate of drug-likeness (QED) is 0.760. The standard InChI is InChI=1S/C11H21NO3S/c13-11(5-1-2-6-11)9-12-10-3-7-16(14,15)8-4-10/h10,12-13H,1-9H2. The summed E-state index contributed by atoms with van der Waals surface area (Å²) in [6.45, 7) is 0.623. The molecule has 0 spiro atoms. The second-order valence-electron chi connectivity index (χ2n) is 5.24. The lowest BCUT2D eigenvalue weighted by molar-refractivity contribution is 0.0445. The third-order valence-electron chi connectivity index (χ3n) is 3.81. The van der Waals surface area contributed by atoms with Crippen LogP contribution in [0.25, 0.3) is 0 Å². The summed E-state index contributed by atoms with van der Waals surface area (Å²) < 4.78 is 22.5. The molecular weight excluding hydrogens is 226 g/mol. The van der Waals surface area contributed by atoms with Gasteiger partial charge in [0.15, 0.2) is 0 Å². The first-order valence-corrected chi connectivity index (χ1v) is 7.98. The van der Waals surface area contributed by atoms with Gasteiger partial charge in [0, 0.05) is 12.6 Å². The molecule has 2 fully saturated rings. The minimum Gasteiger partial charge on any atom is -0.389 e. The topological polar surface area (TPSA) is 66.4 Å². The van der Waals surface area contributed by atoms with Gasteiger partial charge in [0.25, 0.3) is 0 Å². The Bertz CT molecular complexity index is 319. The van der Waals surface area contributed by atoms with Crippen LogP contribution in [0.15, 0.2) is 0 Å². The second-order valence-corrected chi connectivity index (χ2v) is 7.54. The lowest BCUT2D eigenvalue weighted by Crippen LogP contribution is -2.45. The summed E-state index contributed by atoms with van der Waals surface area (Å²) in [6, 6.07) is 0.271. The predicted octanol–water partition coefficient (Wildman–Crippen LogP) is 0.458. The molecule has 0 radical (unpaired) electrons. The molecule has 0 aromatic heterocycles. The van der Waals surface area contributed by atoms with E-state index < -0.39 is 15.4 Å². The Hall–Kier alpha value is -0.130. The smallest absolute Gasteiger partial charge is 0.150 e. The van der Waals surface area contributed by atoms with E-state index in [0.717, 1.165) is 25.7 Å². The van der Waals surface area contributed by atoms with Crippen molar-refractivity contribution in [2.45, 2.75) is 50.2 Å². The summed E-state index contributed by atoms with van der Waals surface area (Å²) in [5.41, 5.74) is -0.531. The van der Waals surface area contributed by atoms with Gasteiger partial charge in [0.2, 0.25) is 0 Å². The van der Waals surface area contributed by atoms with E-state index in [1.165, 1.54) is 0 Å². The fourth-order valence-corrected chi connectivity index (χ4v) is 4.13. The molecule has 94 valence electrons. The monoisotopic (exact) mass is 247 g/mol. The van der Waals surface area contributed by atoms with E-state index in [-0.39, 0.29) is 6.04 Å². The molecule has 2 rings (SSSR count). The van der Waals surface area contributed by atoms with E-state index in [0.29, 0.717) is 30.9 Å². The van der Waals surface area contributed by atoms with Crippen molar-refractivity contribution in [3.8, 4) is 0 Å². The number of hydrogen-bond donors (Lipinski definition) is 2. The van der Waals surface area contributed by atoms with Gasteiger partial charge >= 0.3 is 0 Å². The average Bonchev–Trinajstić information content (AvgIpc) is 2.64. The molecule has 0 amide bonds. The first-order chi connectivity index (χ1) is 7.49. The molecule has 2 aliphatic rings. The molecule has 1 heterocycles. The maximum absolute atomic E-state index is 11.2. The fourth-order valence-electron chi connectivity index (χ4n) is 2.64. The van der Waals surface area contributed by atoms with Gasteiger partial charge in [-0.2, -0.15) is 0 Å². The van der Waals surface area contributed by atoms with Crippen molar-refractivity contribution in [3.63, 3.8) is 0 Å². The predicted molar refractivity (Wildman–Crippen MR) is 63.1 cm³/mol. The zero-order chi connectivity index (χ0) is 11.6. The Balaban J connectivity index is 1.75. The summed E-state index contributed by atoms with van der Waals surface area (Å²) in [4.78, 5) is 0. The van der Waals surface area contributed by atoms with Crippen LogP contribution in [0.3, 0.4) is 0 Å². The highest BCUT2D eigenvalue weighted by atomic mass is 32.2. The zero-order valence-electron chi connectivity index (χ0n) is 9.61. The van der Waals surface area contributed by atoms with Crippen molar-refractivity contribution < 1.29 is 13.5 Å². The van der Waals surface area contributed by atoms with Gasteiger partial charge in [-0.15, -0.1) is 0 Å². The van der Waals surface area contributed by atoms with Crippen molar-refractivity contribution in [2.75, 3.05) is 18.1 Å². The molecule has 1 aliphatic heterocycles. The molecule has 1 aliphatic carbocycles. The van der Waals surface area contributed by atoms with Crippen LogP contribution in [-0.2, 0) is 9.84 Å². The number of hydrogen-bond acceptors (Lipinski definition) is 4. The maximum Gasteiger partial charge on any atom is 0.150 e. The van der Waals surface area contributed by atoms with E-state index in [2.05, 4.69) is 5.32 Å². The average molecular weight is 247 g/mol. The summed E-state index contributed by atoms with van der Waals surface area (Å²) >= 11 is 0. The molecular formula is C11H21NO3S. The van der Waals surface area contributed by atoms with Gasteiger partial charge in [-0.1, -0.05) is 12.8 Å². The van der Waals surface area contributed by atoms with Crippen molar-refractivity contribution >= 4 is 9.84 Å². The molecule has 2 N–H and O–H groups in total. The summed E-state index contributed by atoms with van der Waals surface area (Å²) in [5.74, 6) is 0.589. The third kappa shape index (κ3) is 3.18. The molecule has 1 saturated heterocycles. The summed E-state index contributed by atoms with van der Waals surface area (Å²) in [7, 11) is -2.77. The van der Waals surface area contributed by atoms with Crippen LogP contribution in [0, 0.1) is 0 Å². The lowest BCUT2D eigenvalue weighted by Gasteiger charge is -2.28. The van der Waals surface area contributed by atoms with Gasteiger partial charge in [0.05, 0.1) is 17.1 Å². The third-order valence-corrected chi connectivity index (χ3v) is 5.52. The first-order valence-electron chi connectivity index (χ1n) is 6.15. The Morgan fingerprint density at radius 2 is 1.75 bits per heavy atom. The SMILES string of the molecule is O=S1(=O)CCC(NCC2(O)CCCC2)CC1. The van der Waals surface area contributed by atoms with Crippen LogP contribution >= 0.6 is 0 Å². The molecule has 0 unspecified atom stereocenters. The van der Waals surface area contributed by atoms with Gasteiger partial charge in [-0.25, -0.2) is 8.42 Å². The minimum absolute atomic E-state index is 0.271. The summed E-state index contributed by atoms with van der Waals surface area (Å²) in [6.07, 6.45) is 5.36. The van der Waals surface area contributed by atoms with Gasteiger partial charge in [0.1, 0.15) is 9.84 Å². The van der Waals surface area contributed by atoms with Crippen LogP contribution in [-0.4, -0.2) is 43.2 Å². The van der Waals surface area contributed by atoms with Crippen molar-refractivity contribution in [2.24, 2.45) is 0 Å². The number of aliphatic hydroxyl groups is 1. The Labute approximate surface area is 97.3 Å². The van der Waals surface area contributed by atoms with Crippen LogP contribution in [0.1, 0.15) is 38.5 Å². The van der Waals surface area contributed by atoms with E-state index in [4.69, 9.17) is 0 Å². The van der Waals surface area contributed by atoms with Crippen molar-refractivity contribution in [3.05, 3.63) is 0 Å². The van der Waals surface area contributed by atoms with Gasteiger partial charge < -0.3 is 10.4 Å². The Morgan fingerprint density at radius 3 is 2.31 bits per heavy atom. The molecule has 16 heavy (non-hydrogen) atoms. The van der Waals surface area contributed by atoms with Crippen molar-refractivity contribution in [1.82, 2.24) is 5.32 Å². The maximum atomic E-state index is 11.2. The highest BCUT2D eigenvalue weighted by Gasteiger charge is 2.32. The highest BCUT2D eigenvalue weighted by Crippen LogP contribution is 2.29. The molecule has 0 aromatic carbocycles. The summed E-state index contributed by atoms with van der Waals surface area (Å²) in [5, 5.41) is 13.5. The number of sulfone groups is 1.